The Morgan fingerprint density at radius 3 is 2.63 bits per heavy atom. The third-order valence-electron chi connectivity index (χ3n) is 3.34. The van der Waals surface area contributed by atoms with Gasteiger partial charge in [-0.25, -0.2) is 0 Å². The normalized spacial score (nSPS) is 16.2. The number of halogens is 1. The van der Waals surface area contributed by atoms with Crippen molar-refractivity contribution in [2.45, 2.75) is 31.4 Å². The minimum Gasteiger partial charge on any atom is -0.342 e. The van der Waals surface area contributed by atoms with Crippen LogP contribution >= 0.6 is 23.4 Å². The van der Waals surface area contributed by atoms with Crippen LogP contribution in [0.1, 0.15) is 31.2 Å². The predicted octanol–water partition coefficient (Wildman–Crippen LogP) is 3.98. The summed E-state index contributed by atoms with van der Waals surface area (Å²) in [6.07, 6.45) is 4.84. The molecule has 0 spiro atoms. The molecule has 1 saturated heterocycles. The minimum absolute atomic E-state index is 0.286. The first-order valence-corrected chi connectivity index (χ1v) is 8.39. The first-order chi connectivity index (χ1) is 9.25. The standard InChI is InChI=1S/C15H20ClNOS/c16-14-7-5-6-13(10-14)11-19-12-15(18)17-8-3-1-2-4-9-17/h5-7,10H,1-4,8-9,11-12H2. The zero-order valence-electron chi connectivity index (χ0n) is 11.1. The molecular formula is C15H20ClNOS. The second-order valence-corrected chi connectivity index (χ2v) is 6.34. The van der Waals surface area contributed by atoms with Crippen LogP contribution < -0.4 is 0 Å². The van der Waals surface area contributed by atoms with Crippen molar-refractivity contribution in [3.8, 4) is 0 Å². The molecule has 2 rings (SSSR count). The highest BCUT2D eigenvalue weighted by molar-refractivity contribution is 7.99. The Morgan fingerprint density at radius 1 is 1.21 bits per heavy atom. The summed E-state index contributed by atoms with van der Waals surface area (Å²) < 4.78 is 0. The molecule has 1 fully saturated rings. The van der Waals surface area contributed by atoms with Crippen LogP contribution in [0.5, 0.6) is 0 Å². The molecule has 1 aliphatic rings. The molecule has 104 valence electrons. The smallest absolute Gasteiger partial charge is 0.232 e. The monoisotopic (exact) mass is 297 g/mol. The van der Waals surface area contributed by atoms with Crippen molar-refractivity contribution in [1.82, 2.24) is 4.90 Å². The van der Waals surface area contributed by atoms with Crippen molar-refractivity contribution in [2.24, 2.45) is 0 Å². The maximum absolute atomic E-state index is 12.1. The maximum Gasteiger partial charge on any atom is 0.232 e. The lowest BCUT2D eigenvalue weighted by Crippen LogP contribution is -2.33. The molecule has 0 bridgehead atoms. The van der Waals surface area contributed by atoms with Gasteiger partial charge in [0.25, 0.3) is 0 Å². The third-order valence-corrected chi connectivity index (χ3v) is 4.57. The number of hydrogen-bond acceptors (Lipinski definition) is 2. The highest BCUT2D eigenvalue weighted by Gasteiger charge is 2.14. The number of carbonyl (C=O) groups excluding carboxylic acids is 1. The van der Waals surface area contributed by atoms with Crippen molar-refractivity contribution in [3.63, 3.8) is 0 Å². The summed E-state index contributed by atoms with van der Waals surface area (Å²) in [4.78, 5) is 14.1. The molecule has 0 N–H and O–H groups in total. The molecule has 2 nitrogen and oxygen atoms in total. The highest BCUT2D eigenvalue weighted by Crippen LogP contribution is 2.18. The Morgan fingerprint density at radius 2 is 1.95 bits per heavy atom. The summed E-state index contributed by atoms with van der Waals surface area (Å²) in [5.74, 6) is 1.71. The second-order valence-electron chi connectivity index (χ2n) is 4.92. The van der Waals surface area contributed by atoms with E-state index in [9.17, 15) is 4.79 Å². The summed E-state index contributed by atoms with van der Waals surface area (Å²) in [6, 6.07) is 7.84. The molecule has 4 heteroatoms. The van der Waals surface area contributed by atoms with Crippen LogP contribution in [0, 0.1) is 0 Å². The molecule has 0 atom stereocenters. The van der Waals surface area contributed by atoms with Crippen LogP contribution in [0.2, 0.25) is 5.02 Å². The molecule has 0 aliphatic carbocycles. The van der Waals surface area contributed by atoms with Gasteiger partial charge < -0.3 is 4.90 Å². The van der Waals surface area contributed by atoms with Gasteiger partial charge in [-0.3, -0.25) is 4.79 Å². The van der Waals surface area contributed by atoms with Gasteiger partial charge in [0.15, 0.2) is 0 Å². The van der Waals surface area contributed by atoms with Crippen molar-refractivity contribution in [1.29, 1.82) is 0 Å². The van der Waals surface area contributed by atoms with Crippen molar-refractivity contribution >= 4 is 29.3 Å². The van der Waals surface area contributed by atoms with Crippen LogP contribution in [0.25, 0.3) is 0 Å². The van der Waals surface area contributed by atoms with Crippen LogP contribution in [0.15, 0.2) is 24.3 Å². The van der Waals surface area contributed by atoms with Crippen LogP contribution in [0.3, 0.4) is 0 Å². The first-order valence-electron chi connectivity index (χ1n) is 6.85. The molecular weight excluding hydrogens is 278 g/mol. The molecule has 0 saturated carbocycles. The predicted molar refractivity (Wildman–Crippen MR) is 82.7 cm³/mol. The van der Waals surface area contributed by atoms with E-state index in [0.717, 1.165) is 36.7 Å². The molecule has 1 heterocycles. The Bertz CT molecular complexity index is 416. The van der Waals surface area contributed by atoms with E-state index in [1.165, 1.54) is 18.4 Å². The second kappa shape index (κ2) is 7.81. The van der Waals surface area contributed by atoms with E-state index < -0.39 is 0 Å². The van der Waals surface area contributed by atoms with Gasteiger partial charge >= 0.3 is 0 Å². The number of rotatable bonds is 4. The van der Waals surface area contributed by atoms with E-state index in [1.807, 2.05) is 23.1 Å². The fourth-order valence-electron chi connectivity index (χ4n) is 2.29. The van der Waals surface area contributed by atoms with Gasteiger partial charge in [-0.1, -0.05) is 36.6 Å². The zero-order chi connectivity index (χ0) is 13.5. The van der Waals surface area contributed by atoms with Crippen molar-refractivity contribution in [3.05, 3.63) is 34.9 Å². The molecule has 1 aromatic carbocycles. The largest absolute Gasteiger partial charge is 0.342 e. The molecule has 19 heavy (non-hydrogen) atoms. The van der Waals surface area contributed by atoms with E-state index in [1.54, 1.807) is 11.8 Å². The lowest BCUT2D eigenvalue weighted by atomic mass is 10.2. The molecule has 0 radical (unpaired) electrons. The number of likely N-dealkylation sites (tertiary alicyclic amines) is 1. The Hall–Kier alpha value is -0.670. The Balaban J connectivity index is 1.74. The zero-order valence-corrected chi connectivity index (χ0v) is 12.7. The van der Waals surface area contributed by atoms with Gasteiger partial charge in [0.2, 0.25) is 5.91 Å². The number of nitrogens with zero attached hydrogens (tertiary/aromatic N) is 1. The molecule has 0 aromatic heterocycles. The number of thioether (sulfide) groups is 1. The number of hydrogen-bond donors (Lipinski definition) is 0. The van der Waals surface area contributed by atoms with E-state index >= 15 is 0 Å². The maximum atomic E-state index is 12.1. The van der Waals surface area contributed by atoms with Crippen LogP contribution in [0.4, 0.5) is 0 Å². The van der Waals surface area contributed by atoms with Crippen molar-refractivity contribution < 1.29 is 4.79 Å². The van der Waals surface area contributed by atoms with E-state index in [4.69, 9.17) is 11.6 Å². The highest BCUT2D eigenvalue weighted by atomic mass is 35.5. The summed E-state index contributed by atoms with van der Waals surface area (Å²) >= 11 is 7.62. The summed E-state index contributed by atoms with van der Waals surface area (Å²) in [5, 5.41) is 0.761. The summed E-state index contributed by atoms with van der Waals surface area (Å²) in [6.45, 7) is 1.88. The fourth-order valence-corrected chi connectivity index (χ4v) is 3.38. The van der Waals surface area contributed by atoms with Gasteiger partial charge in [0.05, 0.1) is 5.75 Å². The fraction of sp³-hybridized carbons (Fsp3) is 0.533. The number of carbonyl (C=O) groups is 1. The molecule has 1 amide bonds. The Labute approximate surface area is 124 Å². The van der Waals surface area contributed by atoms with Gasteiger partial charge in [-0.2, -0.15) is 0 Å². The summed E-state index contributed by atoms with van der Waals surface area (Å²) in [5.41, 5.74) is 1.18. The van der Waals surface area contributed by atoms with Gasteiger partial charge in [-0.15, -0.1) is 11.8 Å². The lowest BCUT2D eigenvalue weighted by Gasteiger charge is -2.19. The SMILES string of the molecule is O=C(CSCc1cccc(Cl)c1)N1CCCCCC1. The average molecular weight is 298 g/mol. The molecule has 1 aliphatic heterocycles. The summed E-state index contributed by atoms with van der Waals surface area (Å²) in [7, 11) is 0. The van der Waals surface area contributed by atoms with Gasteiger partial charge in [-0.05, 0) is 30.5 Å². The third kappa shape index (κ3) is 5.07. The topological polar surface area (TPSA) is 20.3 Å². The Kier molecular flexibility index (Phi) is 6.05. The van der Waals surface area contributed by atoms with Crippen molar-refractivity contribution in [2.75, 3.05) is 18.8 Å². The minimum atomic E-state index is 0.286. The molecule has 0 unspecified atom stereocenters. The molecule has 1 aromatic rings. The number of benzene rings is 1. The lowest BCUT2D eigenvalue weighted by molar-refractivity contribution is -0.128. The van der Waals surface area contributed by atoms with Gasteiger partial charge in [0, 0.05) is 23.9 Å². The van der Waals surface area contributed by atoms with Gasteiger partial charge in [0.1, 0.15) is 0 Å². The van der Waals surface area contributed by atoms with E-state index in [-0.39, 0.29) is 5.91 Å². The van der Waals surface area contributed by atoms with E-state index in [0.29, 0.717) is 5.75 Å². The quantitative estimate of drug-likeness (QED) is 0.838. The first kappa shape index (κ1) is 14.7. The number of amides is 1. The average Bonchev–Trinajstić information content (AvgIpc) is 2.67. The van der Waals surface area contributed by atoms with Crippen LogP contribution in [-0.2, 0) is 10.5 Å². The van der Waals surface area contributed by atoms with Crippen LogP contribution in [-0.4, -0.2) is 29.6 Å². The van der Waals surface area contributed by atoms with E-state index in [2.05, 4.69) is 6.07 Å².